The zero-order valence-corrected chi connectivity index (χ0v) is 24.1. The van der Waals surface area contributed by atoms with Crippen molar-refractivity contribution in [2.75, 3.05) is 38.0 Å². The van der Waals surface area contributed by atoms with E-state index in [1.165, 1.54) is 11.3 Å². The summed E-state index contributed by atoms with van der Waals surface area (Å²) in [4.78, 5) is 55.0. The van der Waals surface area contributed by atoms with E-state index < -0.39 is 23.0 Å². The number of nitrogens with zero attached hydrogens (tertiary/aromatic N) is 2. The average molecular weight is 561 g/mol. The van der Waals surface area contributed by atoms with Crippen molar-refractivity contribution in [2.45, 2.75) is 77.9 Å². The number of nitrogens with one attached hydrogen (secondary N) is 2. The molecule has 39 heavy (non-hydrogen) atoms. The van der Waals surface area contributed by atoms with Crippen LogP contribution in [0.25, 0.3) is 6.08 Å². The third-order valence-corrected chi connectivity index (χ3v) is 8.96. The normalized spacial score (nSPS) is 24.1. The molecule has 3 N–H and O–H groups in total. The molecular weight excluding hydrogens is 520 g/mol. The van der Waals surface area contributed by atoms with Crippen molar-refractivity contribution < 1.29 is 29.0 Å². The third kappa shape index (κ3) is 6.46. The molecule has 0 aliphatic carbocycles. The molecule has 1 spiro atoms. The minimum Gasteiger partial charge on any atom is -0.478 e. The van der Waals surface area contributed by atoms with Crippen molar-refractivity contribution in [1.82, 2.24) is 15.1 Å². The number of carboxylic acids is 1. The third-order valence-electron chi connectivity index (χ3n) is 7.96. The van der Waals surface area contributed by atoms with Gasteiger partial charge in [0.05, 0.1) is 11.0 Å². The summed E-state index contributed by atoms with van der Waals surface area (Å²) in [5.41, 5.74) is -0.256. The maximum Gasteiger partial charge on any atom is 0.331 e. The lowest BCUT2D eigenvalue weighted by Crippen LogP contribution is -2.53. The number of likely N-dealkylation sites (tertiary alicyclic amines) is 2. The molecule has 1 aromatic rings. The minimum atomic E-state index is -1.01. The van der Waals surface area contributed by atoms with Crippen LogP contribution in [0, 0.1) is 5.41 Å². The van der Waals surface area contributed by atoms with Crippen LogP contribution in [0.2, 0.25) is 0 Å². The number of thiophene rings is 1. The van der Waals surface area contributed by atoms with E-state index in [0.717, 1.165) is 38.6 Å². The van der Waals surface area contributed by atoms with Crippen molar-refractivity contribution in [3.63, 3.8) is 0 Å². The smallest absolute Gasteiger partial charge is 0.331 e. The van der Waals surface area contributed by atoms with Crippen LogP contribution < -0.4 is 10.6 Å². The number of anilines is 1. The molecule has 1 aromatic heterocycles. The lowest BCUT2D eigenvalue weighted by Gasteiger charge is -2.44. The summed E-state index contributed by atoms with van der Waals surface area (Å²) in [7, 11) is 0. The van der Waals surface area contributed by atoms with Crippen LogP contribution in [-0.4, -0.2) is 83.1 Å². The number of aliphatic carboxylic acids is 1. The second-order valence-electron chi connectivity index (χ2n) is 11.4. The van der Waals surface area contributed by atoms with Crippen molar-refractivity contribution in [3.8, 4) is 0 Å². The Balaban J connectivity index is 1.45. The molecule has 3 saturated heterocycles. The minimum absolute atomic E-state index is 0.0756. The van der Waals surface area contributed by atoms with Gasteiger partial charge in [-0.3, -0.25) is 19.8 Å². The number of rotatable bonds is 7. The first-order valence-corrected chi connectivity index (χ1v) is 14.7. The SMILES string of the molecule is CCNC(=O)Nc1sc(C=C(CC)C(=O)O)cc1C(=O)N1CCC(N2CCCC3(C2)CC(C)(C)OC3=O)CC1. The van der Waals surface area contributed by atoms with Crippen LogP contribution >= 0.6 is 11.3 Å². The first kappa shape index (κ1) is 29.1. The van der Waals surface area contributed by atoms with Crippen molar-refractivity contribution in [2.24, 2.45) is 5.41 Å². The molecule has 10 nitrogen and oxygen atoms in total. The van der Waals surface area contributed by atoms with Crippen molar-refractivity contribution in [1.29, 1.82) is 0 Å². The number of esters is 1. The fourth-order valence-electron chi connectivity index (χ4n) is 6.20. The maximum absolute atomic E-state index is 13.6. The van der Waals surface area contributed by atoms with E-state index in [-0.39, 0.29) is 17.4 Å². The molecule has 3 amide bonds. The van der Waals surface area contributed by atoms with Gasteiger partial charge in [0.1, 0.15) is 10.6 Å². The molecule has 1 unspecified atom stereocenters. The highest BCUT2D eigenvalue weighted by Gasteiger charge is 2.54. The van der Waals surface area contributed by atoms with Gasteiger partial charge in [0.25, 0.3) is 5.91 Å². The van der Waals surface area contributed by atoms with Gasteiger partial charge in [0, 0.05) is 49.1 Å². The average Bonchev–Trinajstić information content (AvgIpc) is 3.37. The molecule has 0 bridgehead atoms. The highest BCUT2D eigenvalue weighted by Crippen LogP contribution is 2.46. The molecule has 11 heteroatoms. The van der Waals surface area contributed by atoms with Gasteiger partial charge in [-0.05, 0) is 71.6 Å². The summed E-state index contributed by atoms with van der Waals surface area (Å²) in [6.45, 7) is 10.8. The Morgan fingerprint density at radius 1 is 1.21 bits per heavy atom. The number of carboxylic acid groups (broad SMARTS) is 1. The Kier molecular flexibility index (Phi) is 8.70. The number of carbonyl (C=O) groups excluding carboxylic acids is 3. The number of carbonyl (C=O) groups is 4. The molecule has 0 radical (unpaired) electrons. The molecule has 3 fully saturated rings. The van der Waals surface area contributed by atoms with Gasteiger partial charge in [-0.1, -0.05) is 6.92 Å². The predicted molar refractivity (Wildman–Crippen MR) is 150 cm³/mol. The summed E-state index contributed by atoms with van der Waals surface area (Å²) >= 11 is 1.19. The summed E-state index contributed by atoms with van der Waals surface area (Å²) < 4.78 is 5.69. The molecule has 3 aliphatic heterocycles. The molecule has 4 rings (SSSR count). The van der Waals surface area contributed by atoms with Crippen LogP contribution in [0.3, 0.4) is 0 Å². The van der Waals surface area contributed by atoms with Crippen LogP contribution in [0.1, 0.15) is 81.5 Å². The highest BCUT2D eigenvalue weighted by molar-refractivity contribution is 7.17. The number of urea groups is 1. The topological polar surface area (TPSA) is 128 Å². The van der Waals surface area contributed by atoms with E-state index in [9.17, 15) is 24.3 Å². The number of amides is 3. The quantitative estimate of drug-likeness (QED) is 0.337. The van der Waals surface area contributed by atoms with Crippen molar-refractivity contribution in [3.05, 3.63) is 22.1 Å². The first-order valence-electron chi connectivity index (χ1n) is 13.9. The number of hydrogen-bond donors (Lipinski definition) is 3. The van der Waals surface area contributed by atoms with Crippen LogP contribution in [0.15, 0.2) is 11.6 Å². The van der Waals surface area contributed by atoms with Crippen LogP contribution in [0.5, 0.6) is 0 Å². The number of cyclic esters (lactones) is 1. The van der Waals surface area contributed by atoms with Gasteiger partial charge >= 0.3 is 18.0 Å². The summed E-state index contributed by atoms with van der Waals surface area (Å²) in [6.07, 6.45) is 6.06. The zero-order chi connectivity index (χ0) is 28.4. The Morgan fingerprint density at radius 2 is 1.92 bits per heavy atom. The molecule has 0 saturated carbocycles. The number of hydrogen-bond acceptors (Lipinski definition) is 7. The highest BCUT2D eigenvalue weighted by atomic mass is 32.1. The van der Waals surface area contributed by atoms with Crippen LogP contribution in [-0.2, 0) is 14.3 Å². The predicted octanol–water partition coefficient (Wildman–Crippen LogP) is 4.18. The Hall–Kier alpha value is -2.92. The Labute approximate surface area is 233 Å². The number of ether oxygens (including phenoxy) is 1. The van der Waals surface area contributed by atoms with Gasteiger partial charge in [-0.2, -0.15) is 0 Å². The van der Waals surface area contributed by atoms with E-state index in [1.54, 1.807) is 30.9 Å². The second kappa shape index (κ2) is 11.7. The Bertz CT molecular complexity index is 1150. The van der Waals surface area contributed by atoms with Crippen molar-refractivity contribution >= 4 is 46.3 Å². The zero-order valence-electron chi connectivity index (χ0n) is 23.3. The molecular formula is C28H40N4O6S. The largest absolute Gasteiger partial charge is 0.478 e. The van der Waals surface area contributed by atoms with Gasteiger partial charge in [0.15, 0.2) is 0 Å². The lowest BCUT2D eigenvalue weighted by atomic mass is 9.74. The van der Waals surface area contributed by atoms with E-state index in [1.807, 2.05) is 13.8 Å². The van der Waals surface area contributed by atoms with E-state index in [0.29, 0.717) is 54.1 Å². The molecule has 1 atom stereocenters. The maximum atomic E-state index is 13.6. The monoisotopic (exact) mass is 560 g/mol. The van der Waals surface area contributed by atoms with E-state index in [2.05, 4.69) is 15.5 Å². The fraction of sp³-hybridized carbons (Fsp3) is 0.643. The number of piperidine rings is 2. The van der Waals surface area contributed by atoms with E-state index in [4.69, 9.17) is 4.74 Å². The molecule has 3 aliphatic rings. The van der Waals surface area contributed by atoms with Gasteiger partial charge in [0.2, 0.25) is 0 Å². The summed E-state index contributed by atoms with van der Waals surface area (Å²) in [5.74, 6) is -1.26. The second-order valence-corrected chi connectivity index (χ2v) is 12.5. The van der Waals surface area contributed by atoms with Gasteiger partial charge in [-0.15, -0.1) is 11.3 Å². The summed E-state index contributed by atoms with van der Waals surface area (Å²) in [6, 6.07) is 1.55. The first-order chi connectivity index (χ1) is 18.5. The Morgan fingerprint density at radius 3 is 2.51 bits per heavy atom. The van der Waals surface area contributed by atoms with Gasteiger partial charge < -0.3 is 20.1 Å². The standard InChI is InChI=1S/C28H40N4O6S/c1-5-18(24(34)35)14-20-15-21(22(39-20)30-26(37)29-6-2)23(33)31-12-8-19(9-13-31)32-11-7-10-28(17-32)16-27(3,4)38-25(28)36/h14-15,19H,5-13,16-17H2,1-4H3,(H,34,35)(H2,29,30,37). The lowest BCUT2D eigenvalue weighted by molar-refractivity contribution is -0.154. The molecule has 214 valence electrons. The summed E-state index contributed by atoms with van der Waals surface area (Å²) in [5, 5.41) is 15.3. The fourth-order valence-corrected chi connectivity index (χ4v) is 7.22. The molecule has 0 aromatic carbocycles. The van der Waals surface area contributed by atoms with Gasteiger partial charge in [-0.25, -0.2) is 9.59 Å². The molecule has 4 heterocycles. The van der Waals surface area contributed by atoms with E-state index >= 15 is 0 Å². The van der Waals surface area contributed by atoms with Crippen LogP contribution in [0.4, 0.5) is 9.80 Å².